The number of hydrogen-bond donors (Lipinski definition) is 2. The van der Waals surface area contributed by atoms with Crippen LogP contribution in [0.25, 0.3) is 0 Å². The molecule has 0 aliphatic heterocycles. The smallest absolute Gasteiger partial charge is 0.0505 e. The fraction of sp³-hybridized carbons (Fsp3) is 0.250. The second-order valence-corrected chi connectivity index (χ2v) is 1.15. The van der Waals surface area contributed by atoms with Crippen LogP contribution < -0.4 is 5.73 Å². The largest absolute Gasteiger partial charge is 0.398 e. The average Bonchev–Trinajstić information content (AvgIpc) is 1.36. The topological polar surface area (TPSA) is 49.9 Å². The Morgan fingerprint density at radius 3 is 2.00 bits per heavy atom. The molecule has 0 saturated heterocycles. The van der Waals surface area contributed by atoms with Crippen molar-refractivity contribution in [1.29, 1.82) is 5.41 Å². The van der Waals surface area contributed by atoms with Crippen LogP contribution in [0.5, 0.6) is 0 Å². The van der Waals surface area contributed by atoms with E-state index in [1.165, 1.54) is 0 Å². The zero-order valence-electron chi connectivity index (χ0n) is 3.78. The van der Waals surface area contributed by atoms with Crippen molar-refractivity contribution >= 4 is 5.71 Å². The molecule has 0 rings (SSSR count). The van der Waals surface area contributed by atoms with Crippen LogP contribution in [0.4, 0.5) is 0 Å². The van der Waals surface area contributed by atoms with E-state index in [1.54, 1.807) is 6.92 Å². The van der Waals surface area contributed by atoms with Crippen molar-refractivity contribution in [3.8, 4) is 0 Å². The molecule has 0 aromatic carbocycles. The van der Waals surface area contributed by atoms with E-state index >= 15 is 0 Å². The van der Waals surface area contributed by atoms with Crippen molar-refractivity contribution in [3.63, 3.8) is 0 Å². The summed E-state index contributed by atoms with van der Waals surface area (Å²) in [5.74, 6) is 0. The summed E-state index contributed by atoms with van der Waals surface area (Å²) in [6, 6.07) is 0. The highest BCUT2D eigenvalue weighted by Gasteiger charge is 1.80. The summed E-state index contributed by atoms with van der Waals surface area (Å²) in [7, 11) is 0. The van der Waals surface area contributed by atoms with Crippen LogP contribution in [0.15, 0.2) is 12.3 Å². The average molecular weight is 84.1 g/mol. The first-order chi connectivity index (χ1) is 2.64. The molecule has 6 heavy (non-hydrogen) atoms. The molecular weight excluding hydrogens is 76.1 g/mol. The monoisotopic (exact) mass is 84.1 g/mol. The van der Waals surface area contributed by atoms with Gasteiger partial charge in [-0.25, -0.2) is 0 Å². The van der Waals surface area contributed by atoms with Crippen LogP contribution in [-0.4, -0.2) is 5.71 Å². The second-order valence-electron chi connectivity index (χ2n) is 1.15. The number of nitrogens with two attached hydrogens (primary N) is 1. The van der Waals surface area contributed by atoms with E-state index in [1.807, 2.05) is 0 Å². The molecule has 3 N–H and O–H groups in total. The number of rotatable bonds is 1. The van der Waals surface area contributed by atoms with Crippen molar-refractivity contribution in [2.24, 2.45) is 5.73 Å². The molecule has 0 aliphatic rings. The number of hydrogen-bond acceptors (Lipinski definition) is 2. The lowest BCUT2D eigenvalue weighted by Gasteiger charge is -1.86. The van der Waals surface area contributed by atoms with Gasteiger partial charge in [-0.3, -0.25) is 0 Å². The number of allylic oxidation sites excluding steroid dienone is 1. The predicted molar refractivity (Wildman–Crippen MR) is 26.7 cm³/mol. The van der Waals surface area contributed by atoms with E-state index in [-0.39, 0.29) is 0 Å². The predicted octanol–water partition coefficient (Wildman–Crippen LogP) is 0.498. The summed E-state index contributed by atoms with van der Waals surface area (Å²) in [4.78, 5) is 0. The fourth-order valence-electron chi connectivity index (χ4n) is 0. The van der Waals surface area contributed by atoms with Crippen LogP contribution in [-0.2, 0) is 0 Å². The second kappa shape index (κ2) is 1.60. The van der Waals surface area contributed by atoms with Gasteiger partial charge in [-0.1, -0.05) is 6.58 Å². The zero-order chi connectivity index (χ0) is 5.15. The van der Waals surface area contributed by atoms with Crippen LogP contribution in [0.3, 0.4) is 0 Å². The summed E-state index contributed by atoms with van der Waals surface area (Å²) >= 11 is 0. The molecule has 34 valence electrons. The Hall–Kier alpha value is -0.790. The van der Waals surface area contributed by atoms with Gasteiger partial charge in [-0.2, -0.15) is 0 Å². The first-order valence-corrected chi connectivity index (χ1v) is 1.64. The Kier molecular flexibility index (Phi) is 1.39. The van der Waals surface area contributed by atoms with Crippen molar-refractivity contribution in [2.75, 3.05) is 0 Å². The molecule has 0 saturated carbocycles. The zero-order valence-corrected chi connectivity index (χ0v) is 3.78. The standard InChI is InChI=1S/C4H8N2/c1-3(5)4(2)6/h6H,1,5H2,2H3. The van der Waals surface area contributed by atoms with Crippen LogP contribution >= 0.6 is 0 Å². The third-order valence-corrected chi connectivity index (χ3v) is 0.482. The van der Waals surface area contributed by atoms with Crippen molar-refractivity contribution in [1.82, 2.24) is 0 Å². The quantitative estimate of drug-likeness (QED) is 0.446. The summed E-state index contributed by atoms with van der Waals surface area (Å²) in [5.41, 5.74) is 5.70. The molecule has 0 unspecified atom stereocenters. The molecule has 2 nitrogen and oxygen atoms in total. The Labute approximate surface area is 37.2 Å². The third kappa shape index (κ3) is 1.52. The molecule has 0 radical (unpaired) electrons. The maximum Gasteiger partial charge on any atom is 0.0505 e. The summed E-state index contributed by atoms with van der Waals surface area (Å²) < 4.78 is 0. The minimum Gasteiger partial charge on any atom is -0.398 e. The highest BCUT2D eigenvalue weighted by Crippen LogP contribution is 1.75. The maximum atomic E-state index is 6.72. The van der Waals surface area contributed by atoms with E-state index < -0.39 is 0 Å². The van der Waals surface area contributed by atoms with E-state index in [2.05, 4.69) is 6.58 Å². The van der Waals surface area contributed by atoms with Crippen molar-refractivity contribution in [2.45, 2.75) is 6.92 Å². The maximum absolute atomic E-state index is 6.72. The van der Waals surface area contributed by atoms with Crippen LogP contribution in [0, 0.1) is 5.41 Å². The molecule has 0 fully saturated rings. The summed E-state index contributed by atoms with van der Waals surface area (Å²) in [5, 5.41) is 6.72. The lowest BCUT2D eigenvalue weighted by molar-refractivity contribution is 1.39. The highest BCUT2D eigenvalue weighted by molar-refractivity contribution is 5.93. The van der Waals surface area contributed by atoms with E-state index in [9.17, 15) is 0 Å². The highest BCUT2D eigenvalue weighted by atomic mass is 14.6. The molecule has 0 atom stereocenters. The van der Waals surface area contributed by atoms with E-state index in [0.29, 0.717) is 11.4 Å². The van der Waals surface area contributed by atoms with Gasteiger partial charge in [-0.05, 0) is 6.92 Å². The van der Waals surface area contributed by atoms with Gasteiger partial charge in [0, 0.05) is 5.70 Å². The Bertz CT molecular complexity index is 71.5. The lowest BCUT2D eigenvalue weighted by Crippen LogP contribution is -2.02. The molecule has 0 aliphatic carbocycles. The summed E-state index contributed by atoms with van der Waals surface area (Å²) in [6.45, 7) is 4.91. The van der Waals surface area contributed by atoms with Gasteiger partial charge >= 0.3 is 0 Å². The Morgan fingerprint density at radius 1 is 1.83 bits per heavy atom. The van der Waals surface area contributed by atoms with Gasteiger partial charge in [0.1, 0.15) is 0 Å². The van der Waals surface area contributed by atoms with Gasteiger partial charge < -0.3 is 11.1 Å². The third-order valence-electron chi connectivity index (χ3n) is 0.482. The molecule has 0 heterocycles. The SMILES string of the molecule is C=C(N)C(C)=N. The molecular formula is C4H8N2. The number of nitrogens with one attached hydrogen (secondary N) is 1. The normalized spacial score (nSPS) is 7.50. The molecule has 0 aromatic heterocycles. The molecule has 0 aromatic rings. The molecule has 0 bridgehead atoms. The van der Waals surface area contributed by atoms with Gasteiger partial charge in [0.25, 0.3) is 0 Å². The Morgan fingerprint density at radius 2 is 2.00 bits per heavy atom. The summed E-state index contributed by atoms with van der Waals surface area (Å²) in [6.07, 6.45) is 0. The van der Waals surface area contributed by atoms with Crippen LogP contribution in [0.1, 0.15) is 6.92 Å². The van der Waals surface area contributed by atoms with Gasteiger partial charge in [-0.15, -0.1) is 0 Å². The first-order valence-electron chi connectivity index (χ1n) is 1.64. The van der Waals surface area contributed by atoms with E-state index in [4.69, 9.17) is 11.1 Å². The van der Waals surface area contributed by atoms with Crippen molar-refractivity contribution < 1.29 is 0 Å². The van der Waals surface area contributed by atoms with Gasteiger partial charge in [0.15, 0.2) is 0 Å². The van der Waals surface area contributed by atoms with E-state index in [0.717, 1.165) is 0 Å². The van der Waals surface area contributed by atoms with Crippen molar-refractivity contribution in [3.05, 3.63) is 12.3 Å². The van der Waals surface area contributed by atoms with Gasteiger partial charge in [0.05, 0.1) is 5.71 Å². The van der Waals surface area contributed by atoms with Gasteiger partial charge in [0.2, 0.25) is 0 Å². The lowest BCUT2D eigenvalue weighted by atomic mass is 10.4. The molecule has 0 spiro atoms. The van der Waals surface area contributed by atoms with Crippen LogP contribution in [0.2, 0.25) is 0 Å². The Balaban J connectivity index is 3.57. The molecule has 0 amide bonds. The minimum absolute atomic E-state index is 0.343. The minimum atomic E-state index is 0.343. The molecule has 2 heteroatoms. The first kappa shape index (κ1) is 5.21. The fourth-order valence-corrected chi connectivity index (χ4v) is 0.